The van der Waals surface area contributed by atoms with Crippen molar-refractivity contribution in [2.24, 2.45) is 11.0 Å². The molecule has 0 saturated heterocycles. The van der Waals surface area contributed by atoms with Crippen LogP contribution in [-0.2, 0) is 9.59 Å². The third-order valence-electron chi connectivity index (χ3n) is 4.25. The molecule has 3 rings (SSSR count). The maximum absolute atomic E-state index is 12.8. The van der Waals surface area contributed by atoms with Crippen LogP contribution < -0.4 is 5.01 Å². The zero-order chi connectivity index (χ0) is 19.6. The Bertz CT molecular complexity index is 935. The zero-order valence-corrected chi connectivity index (χ0v) is 15.9. The van der Waals surface area contributed by atoms with E-state index in [1.54, 1.807) is 61.5 Å². The smallest absolute Gasteiger partial charge is 0.331 e. The molecule has 5 nitrogen and oxygen atoms in total. The highest BCUT2D eigenvalue weighted by molar-refractivity contribution is 6.31. The summed E-state index contributed by atoms with van der Waals surface area (Å²) in [6, 6.07) is 13.6. The SMILES string of the molecule is CC1=NN(c2ccc(Cl)cc2)C(=O)C1C/C(=C/c1ccc(Cl)cc1)C(=O)O. The molecule has 0 spiro atoms. The predicted octanol–water partition coefficient (Wildman–Crippen LogP) is 4.89. The van der Waals surface area contributed by atoms with E-state index in [9.17, 15) is 14.7 Å². The first-order valence-electron chi connectivity index (χ1n) is 8.19. The van der Waals surface area contributed by atoms with E-state index in [1.807, 2.05) is 0 Å². The number of hydrogen-bond acceptors (Lipinski definition) is 3. The number of rotatable bonds is 5. The summed E-state index contributed by atoms with van der Waals surface area (Å²) in [5.41, 5.74) is 1.98. The normalized spacial score (nSPS) is 17.2. The molecule has 27 heavy (non-hydrogen) atoms. The van der Waals surface area contributed by atoms with Gasteiger partial charge in [-0.25, -0.2) is 9.80 Å². The first kappa shape index (κ1) is 19.1. The summed E-state index contributed by atoms with van der Waals surface area (Å²) in [6.45, 7) is 1.72. The summed E-state index contributed by atoms with van der Waals surface area (Å²) in [7, 11) is 0. The highest BCUT2D eigenvalue weighted by Gasteiger charge is 2.35. The summed E-state index contributed by atoms with van der Waals surface area (Å²) in [5, 5.41) is 16.3. The second-order valence-electron chi connectivity index (χ2n) is 6.15. The minimum atomic E-state index is -1.07. The van der Waals surface area contributed by atoms with Crippen molar-refractivity contribution >= 4 is 52.6 Å². The number of anilines is 1. The summed E-state index contributed by atoms with van der Waals surface area (Å²) in [5.74, 6) is -1.97. The Morgan fingerprint density at radius 2 is 1.67 bits per heavy atom. The molecular weight excluding hydrogens is 387 g/mol. The Labute approximate surface area is 166 Å². The minimum absolute atomic E-state index is 0.0518. The van der Waals surface area contributed by atoms with E-state index < -0.39 is 11.9 Å². The summed E-state index contributed by atoms with van der Waals surface area (Å²) in [6.07, 6.45) is 1.60. The molecule has 1 atom stereocenters. The number of amides is 1. The van der Waals surface area contributed by atoms with E-state index in [-0.39, 0.29) is 17.9 Å². The summed E-state index contributed by atoms with van der Waals surface area (Å²) >= 11 is 11.7. The van der Waals surface area contributed by atoms with Gasteiger partial charge in [0.2, 0.25) is 0 Å². The number of hydrazone groups is 1. The number of nitrogens with zero attached hydrogens (tertiary/aromatic N) is 2. The fourth-order valence-electron chi connectivity index (χ4n) is 2.79. The van der Waals surface area contributed by atoms with Gasteiger partial charge >= 0.3 is 5.97 Å². The van der Waals surface area contributed by atoms with Crippen LogP contribution in [0.25, 0.3) is 6.08 Å². The van der Waals surface area contributed by atoms with Crippen molar-refractivity contribution in [3.63, 3.8) is 0 Å². The number of carbonyl (C=O) groups is 2. The minimum Gasteiger partial charge on any atom is -0.478 e. The number of halogens is 2. The lowest BCUT2D eigenvalue weighted by Gasteiger charge is -2.14. The van der Waals surface area contributed by atoms with E-state index in [4.69, 9.17) is 23.2 Å². The molecule has 0 saturated carbocycles. The predicted molar refractivity (Wildman–Crippen MR) is 107 cm³/mol. The van der Waals surface area contributed by atoms with Gasteiger partial charge in [-0.05, 0) is 61.4 Å². The van der Waals surface area contributed by atoms with Gasteiger partial charge in [-0.3, -0.25) is 4.79 Å². The Morgan fingerprint density at radius 3 is 2.22 bits per heavy atom. The van der Waals surface area contributed by atoms with Gasteiger partial charge in [0.1, 0.15) is 0 Å². The van der Waals surface area contributed by atoms with Gasteiger partial charge in [-0.15, -0.1) is 0 Å². The van der Waals surface area contributed by atoms with Gasteiger partial charge in [-0.1, -0.05) is 35.3 Å². The Kier molecular flexibility index (Phi) is 5.63. The molecule has 2 aromatic carbocycles. The molecule has 0 fully saturated rings. The second-order valence-corrected chi connectivity index (χ2v) is 7.02. The molecule has 138 valence electrons. The Balaban J connectivity index is 1.83. The van der Waals surface area contributed by atoms with Crippen LogP contribution in [0.15, 0.2) is 59.2 Å². The molecule has 1 heterocycles. The van der Waals surface area contributed by atoms with Crippen LogP contribution in [0.2, 0.25) is 10.0 Å². The number of aliphatic carboxylic acids is 1. The molecule has 0 aromatic heterocycles. The van der Waals surface area contributed by atoms with E-state index in [0.717, 1.165) is 0 Å². The fraction of sp³-hybridized carbons (Fsp3) is 0.150. The van der Waals surface area contributed by atoms with Crippen LogP contribution in [0.1, 0.15) is 18.9 Å². The number of carbonyl (C=O) groups excluding carboxylic acids is 1. The maximum Gasteiger partial charge on any atom is 0.331 e. The van der Waals surface area contributed by atoms with E-state index in [1.165, 1.54) is 5.01 Å². The highest BCUT2D eigenvalue weighted by Crippen LogP contribution is 2.29. The molecule has 1 N–H and O–H groups in total. The van der Waals surface area contributed by atoms with E-state index in [2.05, 4.69) is 5.10 Å². The zero-order valence-electron chi connectivity index (χ0n) is 14.4. The standard InChI is InChI=1S/C20H16Cl2N2O3/c1-12-18(19(25)24(23-12)17-8-6-16(22)7-9-17)11-14(20(26)27)10-13-2-4-15(21)5-3-13/h2-10,18H,11H2,1H3,(H,26,27)/b14-10-. The van der Waals surface area contributed by atoms with Gasteiger partial charge < -0.3 is 5.11 Å². The quantitative estimate of drug-likeness (QED) is 0.723. The number of benzene rings is 2. The van der Waals surface area contributed by atoms with Crippen LogP contribution in [0.3, 0.4) is 0 Å². The van der Waals surface area contributed by atoms with Crippen molar-refractivity contribution < 1.29 is 14.7 Å². The van der Waals surface area contributed by atoms with Crippen molar-refractivity contribution in [1.29, 1.82) is 0 Å². The van der Waals surface area contributed by atoms with Crippen LogP contribution in [0.4, 0.5) is 5.69 Å². The number of hydrogen-bond donors (Lipinski definition) is 1. The molecular formula is C20H16Cl2N2O3. The third kappa shape index (κ3) is 4.38. The van der Waals surface area contributed by atoms with Gasteiger partial charge in [-0.2, -0.15) is 5.10 Å². The largest absolute Gasteiger partial charge is 0.478 e. The Hall–Kier alpha value is -2.63. The maximum atomic E-state index is 12.8. The van der Waals surface area contributed by atoms with Crippen LogP contribution in [-0.4, -0.2) is 22.7 Å². The van der Waals surface area contributed by atoms with Crippen LogP contribution >= 0.6 is 23.2 Å². The van der Waals surface area contributed by atoms with Gasteiger partial charge in [0.25, 0.3) is 5.91 Å². The monoisotopic (exact) mass is 402 g/mol. The average molecular weight is 403 g/mol. The van der Waals surface area contributed by atoms with Crippen molar-refractivity contribution in [2.75, 3.05) is 5.01 Å². The van der Waals surface area contributed by atoms with E-state index >= 15 is 0 Å². The molecule has 2 aromatic rings. The average Bonchev–Trinajstić information content (AvgIpc) is 2.91. The topological polar surface area (TPSA) is 70.0 Å². The third-order valence-corrected chi connectivity index (χ3v) is 4.75. The first-order valence-corrected chi connectivity index (χ1v) is 8.95. The van der Waals surface area contributed by atoms with Crippen LogP contribution in [0.5, 0.6) is 0 Å². The lowest BCUT2D eigenvalue weighted by Crippen LogP contribution is -2.28. The second kappa shape index (κ2) is 7.94. The lowest BCUT2D eigenvalue weighted by atomic mass is 9.94. The lowest BCUT2D eigenvalue weighted by molar-refractivity contribution is -0.132. The van der Waals surface area contributed by atoms with Crippen molar-refractivity contribution in [3.8, 4) is 0 Å². The van der Waals surface area contributed by atoms with Crippen molar-refractivity contribution in [1.82, 2.24) is 0 Å². The molecule has 1 aliphatic heterocycles. The van der Waals surface area contributed by atoms with Crippen molar-refractivity contribution in [2.45, 2.75) is 13.3 Å². The molecule has 7 heteroatoms. The van der Waals surface area contributed by atoms with Crippen LogP contribution in [0, 0.1) is 5.92 Å². The number of carboxylic acid groups (broad SMARTS) is 1. The molecule has 0 radical (unpaired) electrons. The molecule has 0 bridgehead atoms. The van der Waals surface area contributed by atoms with Gasteiger partial charge in [0, 0.05) is 21.3 Å². The molecule has 1 amide bonds. The van der Waals surface area contributed by atoms with Crippen molar-refractivity contribution in [3.05, 3.63) is 69.7 Å². The number of carboxylic acids is 1. The molecule has 0 aliphatic carbocycles. The fourth-order valence-corrected chi connectivity index (χ4v) is 3.05. The first-order chi connectivity index (χ1) is 12.8. The molecule has 1 aliphatic rings. The van der Waals surface area contributed by atoms with E-state index in [0.29, 0.717) is 27.0 Å². The van der Waals surface area contributed by atoms with Gasteiger partial charge in [0.15, 0.2) is 0 Å². The summed E-state index contributed by atoms with van der Waals surface area (Å²) < 4.78 is 0. The Morgan fingerprint density at radius 1 is 1.11 bits per heavy atom. The summed E-state index contributed by atoms with van der Waals surface area (Å²) in [4.78, 5) is 24.5. The highest BCUT2D eigenvalue weighted by atomic mass is 35.5. The van der Waals surface area contributed by atoms with Gasteiger partial charge in [0.05, 0.1) is 11.6 Å². The molecule has 1 unspecified atom stereocenters.